The van der Waals surface area contributed by atoms with E-state index in [0.717, 1.165) is 38.4 Å². The molecule has 10 amide bonds. The maximum atomic E-state index is 16.1. The number of rotatable bonds is 14. The van der Waals surface area contributed by atoms with Gasteiger partial charge in [-0.3, -0.25) is 47.9 Å². The molecule has 0 spiro atoms. The highest BCUT2D eigenvalue weighted by molar-refractivity contribution is 7.98. The van der Waals surface area contributed by atoms with Crippen LogP contribution in [0.2, 0.25) is 0 Å². The number of ether oxygens (including phenoxy) is 2. The number of carbonyl (C=O) groups is 10. The Hall–Kier alpha value is -8.94. The molecule has 2 saturated heterocycles. The Labute approximate surface area is 612 Å². The van der Waals surface area contributed by atoms with Crippen LogP contribution in [0.4, 0.5) is 0 Å². The minimum absolute atomic E-state index is 0.0176. The first kappa shape index (κ1) is 78.2. The molecule has 4 heterocycles. The molecule has 2 fully saturated rings. The number of aromatic nitrogens is 1. The van der Waals surface area contributed by atoms with Crippen LogP contribution in [0.25, 0.3) is 21.7 Å². The van der Waals surface area contributed by atoms with E-state index in [-0.39, 0.29) is 75.6 Å². The van der Waals surface area contributed by atoms with Crippen LogP contribution < -0.4 is 31.7 Å². The highest BCUT2D eigenvalue weighted by atomic mass is 32.2. The normalized spacial score (nSPS) is 23.8. The number of primary amides is 1. The van der Waals surface area contributed by atoms with Crippen molar-refractivity contribution < 1.29 is 57.4 Å². The average molecular weight is 1450 g/mol. The molecule has 0 saturated carbocycles. The zero-order valence-corrected chi connectivity index (χ0v) is 62.5. The molecule has 25 heteroatoms. The van der Waals surface area contributed by atoms with Gasteiger partial charge in [-0.25, -0.2) is 0 Å². The lowest BCUT2D eigenvalue weighted by molar-refractivity contribution is -0.154. The second-order valence-electron chi connectivity index (χ2n) is 27.8. The number of amides is 10. The maximum absolute atomic E-state index is 16.1. The molecular weight excluding hydrogens is 1350 g/mol. The minimum atomic E-state index is -1.39. The van der Waals surface area contributed by atoms with Crippen LogP contribution in [0.15, 0.2) is 121 Å². The van der Waals surface area contributed by atoms with E-state index >= 15 is 28.8 Å². The summed E-state index contributed by atoms with van der Waals surface area (Å²) >= 11 is 2.95. The van der Waals surface area contributed by atoms with Crippen molar-refractivity contribution in [3.8, 4) is 5.75 Å². The Morgan fingerprint density at radius 1 is 0.592 bits per heavy atom. The first-order chi connectivity index (χ1) is 49.4. The van der Waals surface area contributed by atoms with E-state index in [0.29, 0.717) is 59.8 Å². The van der Waals surface area contributed by atoms with Gasteiger partial charge in [-0.2, -0.15) is 23.5 Å². The average Bonchev–Trinajstić information content (AvgIpc) is 1.73. The van der Waals surface area contributed by atoms with E-state index in [1.165, 1.54) is 64.6 Å². The molecule has 103 heavy (non-hydrogen) atoms. The van der Waals surface area contributed by atoms with Gasteiger partial charge in [0.2, 0.25) is 59.1 Å². The van der Waals surface area contributed by atoms with Crippen molar-refractivity contribution in [3.05, 3.63) is 149 Å². The van der Waals surface area contributed by atoms with Crippen LogP contribution in [-0.2, 0) is 90.5 Å². The lowest BCUT2D eigenvalue weighted by atomic mass is 9.97. The van der Waals surface area contributed by atoms with Crippen molar-refractivity contribution in [3.63, 3.8) is 0 Å². The predicted molar refractivity (Wildman–Crippen MR) is 401 cm³/mol. The molecule has 10 atom stereocenters. The van der Waals surface area contributed by atoms with Crippen LogP contribution >= 0.6 is 23.5 Å². The fraction of sp³-hybridized carbons (Fsp3) is 0.487. The first-order valence-electron chi connectivity index (χ1n) is 35.7. The molecule has 552 valence electrons. The van der Waals surface area contributed by atoms with E-state index in [9.17, 15) is 19.2 Å². The third kappa shape index (κ3) is 19.7. The van der Waals surface area contributed by atoms with Gasteiger partial charge in [0.1, 0.15) is 60.1 Å². The Morgan fingerprint density at radius 3 is 1.88 bits per heavy atom. The third-order valence-corrected chi connectivity index (χ3v) is 22.2. The highest BCUT2D eigenvalue weighted by Gasteiger charge is 2.46. The zero-order valence-electron chi connectivity index (χ0n) is 60.9. The second kappa shape index (κ2) is 36.5. The molecule has 3 aliphatic heterocycles. The van der Waals surface area contributed by atoms with Gasteiger partial charge in [0.25, 0.3) is 0 Å². The lowest BCUT2D eigenvalue weighted by Crippen LogP contribution is -2.62. The Balaban J connectivity index is 1.09. The van der Waals surface area contributed by atoms with Gasteiger partial charge in [-0.05, 0) is 108 Å². The molecule has 0 unspecified atom stereocenters. The molecule has 6 N–H and O–H groups in total. The molecule has 3 aliphatic rings. The van der Waals surface area contributed by atoms with Crippen molar-refractivity contribution in [1.29, 1.82) is 0 Å². The van der Waals surface area contributed by atoms with Crippen molar-refractivity contribution in [2.24, 2.45) is 18.7 Å². The van der Waals surface area contributed by atoms with Gasteiger partial charge in [0.05, 0.1) is 13.2 Å². The molecule has 2 bridgehead atoms. The van der Waals surface area contributed by atoms with Gasteiger partial charge in [0, 0.05) is 114 Å². The van der Waals surface area contributed by atoms with Crippen molar-refractivity contribution >= 4 is 104 Å². The quantitative estimate of drug-likeness (QED) is 0.0758. The number of thioether (sulfide) groups is 2. The Bertz CT molecular complexity index is 4020. The van der Waals surface area contributed by atoms with Crippen LogP contribution in [0.5, 0.6) is 5.75 Å². The van der Waals surface area contributed by atoms with E-state index in [1.54, 1.807) is 50.0 Å². The topological polar surface area (TPSA) is 284 Å². The first-order valence-corrected chi connectivity index (χ1v) is 38.0. The third-order valence-electron chi connectivity index (χ3n) is 20.1. The summed E-state index contributed by atoms with van der Waals surface area (Å²) in [5.74, 6) is -3.80. The fourth-order valence-corrected chi connectivity index (χ4v) is 16.2. The number of hydrogen-bond donors (Lipinski definition) is 5. The minimum Gasteiger partial charge on any atom is -0.497 e. The summed E-state index contributed by atoms with van der Waals surface area (Å²) in [5, 5.41) is 14.6. The van der Waals surface area contributed by atoms with Gasteiger partial charge in [-0.1, -0.05) is 124 Å². The maximum Gasteiger partial charge on any atom is 0.246 e. The molecular formula is C78H101N11O12S2. The summed E-state index contributed by atoms with van der Waals surface area (Å²) in [5.41, 5.74) is 10.9. The van der Waals surface area contributed by atoms with E-state index in [4.69, 9.17) is 15.2 Å². The zero-order chi connectivity index (χ0) is 74.2. The standard InChI is InChI=1S/C78H101N11O12S2/c1-11-19-59-74(95)85(6)66(38-48(2)3)72(93)81-60(42-51-28-31-54-22-12-13-23-55(54)40-51)75(96)86(7)67(43-56-44-84(5)63-25-15-14-24-58(56)63)78(99)89-36-18-27-65(89)77(98)87(8)69(49(4)100-9)73(94)82-61(41-50-29-32-57(101-10)33-30-50)76(97)88-35-17-26-64(88)71(92)83-62(70(79)91)47-103-46-53-21-16-20-52(39-53)45-102-37-34-68(90)80-59/h12-16,20-25,28-33,39-40,44,48-49,59-62,64-67,69H,11,17-19,26-27,34-38,41-43,45-47H2,1-10H3,(H2,79,91)(H,80,90)(H,81,93)(H,82,94)(H,83,92)/t49-,59+,60+,61+,62+,64+,65+,66-,67+,69+/m1/s1. The number of carbonyl (C=O) groups excluding carboxylic acids is 10. The van der Waals surface area contributed by atoms with E-state index in [2.05, 4.69) is 21.3 Å². The van der Waals surface area contributed by atoms with Gasteiger partial charge in [-0.15, -0.1) is 0 Å². The van der Waals surface area contributed by atoms with Crippen molar-refractivity contribution in [1.82, 2.24) is 50.3 Å². The van der Waals surface area contributed by atoms with Gasteiger partial charge in [0.15, 0.2) is 0 Å². The predicted octanol–water partition coefficient (Wildman–Crippen LogP) is 6.71. The summed E-state index contributed by atoms with van der Waals surface area (Å²) in [4.78, 5) is 157. The largest absolute Gasteiger partial charge is 0.497 e. The van der Waals surface area contributed by atoms with Crippen LogP contribution in [0.1, 0.15) is 107 Å². The SMILES string of the molecule is CCC[C@@H]1NC(=O)CCSCc2cccc(c2)CSC[C@@H](C(N)=O)NC(=O)[C@@H]2CCCN2C(=O)[C@H](Cc2ccc(OC)cc2)NC(=O)[C@H]([C@@H](C)OC)N(C)C(=O)[C@@H]2CCCN2C(=O)[C@H](Cc2cn(C)c3ccccc23)N(C)C(=O)[C@H](Cc2ccc3ccccc3c2)NC(=O)[C@@H](CC(C)C)N(C)C1=O. The molecule has 1 aromatic heterocycles. The summed E-state index contributed by atoms with van der Waals surface area (Å²) in [6.07, 6.45) is 3.26. The van der Waals surface area contributed by atoms with Crippen molar-refractivity contribution in [2.75, 3.05) is 60.0 Å². The molecule has 6 aromatic rings. The number of para-hydroxylation sites is 1. The molecule has 5 aromatic carbocycles. The second-order valence-corrected chi connectivity index (χ2v) is 30.0. The number of fused-ring (bicyclic) bond motifs is 6. The molecule has 9 rings (SSSR count). The van der Waals surface area contributed by atoms with Crippen LogP contribution in [0, 0.1) is 5.92 Å². The summed E-state index contributed by atoms with van der Waals surface area (Å²) < 4.78 is 13.2. The summed E-state index contributed by atoms with van der Waals surface area (Å²) in [6, 6.07) is 25.5. The summed E-state index contributed by atoms with van der Waals surface area (Å²) in [6.45, 7) is 7.66. The molecule has 23 nitrogen and oxygen atoms in total. The van der Waals surface area contributed by atoms with E-state index < -0.39 is 114 Å². The highest BCUT2D eigenvalue weighted by Crippen LogP contribution is 2.30. The number of hydrogen-bond acceptors (Lipinski definition) is 14. The number of nitrogens with zero attached hydrogens (tertiary/aromatic N) is 6. The number of benzene rings is 5. The van der Waals surface area contributed by atoms with Crippen LogP contribution in [0.3, 0.4) is 0 Å². The van der Waals surface area contributed by atoms with Crippen LogP contribution in [-0.4, -0.2) is 209 Å². The Morgan fingerprint density at radius 2 is 1.20 bits per heavy atom. The summed E-state index contributed by atoms with van der Waals surface area (Å²) in [7, 11) is 9.34. The number of likely N-dealkylation sites (N-methyl/N-ethyl adjacent to an activating group) is 3. The van der Waals surface area contributed by atoms with E-state index in [1.807, 2.05) is 130 Å². The van der Waals surface area contributed by atoms with Gasteiger partial charge < -0.3 is 65.5 Å². The van der Waals surface area contributed by atoms with Crippen molar-refractivity contribution in [2.45, 2.75) is 170 Å². The number of aryl methyl sites for hydroxylation is 1. The Kier molecular flexibility index (Phi) is 27.7. The fourth-order valence-electron chi connectivity index (χ4n) is 14.3. The number of nitrogens with one attached hydrogen (secondary N) is 4. The molecule has 0 aliphatic carbocycles. The van der Waals surface area contributed by atoms with Gasteiger partial charge >= 0.3 is 0 Å². The lowest BCUT2D eigenvalue weighted by Gasteiger charge is -2.38. The molecule has 0 radical (unpaired) electrons. The smallest absolute Gasteiger partial charge is 0.246 e. The monoisotopic (exact) mass is 1450 g/mol. The number of methoxy groups -OCH3 is 2. The number of nitrogens with two attached hydrogens (primary N) is 1.